The quantitative estimate of drug-likeness (QED) is 0.627. The Morgan fingerprint density at radius 2 is 2.23 bits per heavy atom. The third-order valence-corrected chi connectivity index (χ3v) is 2.06. The van der Waals surface area contributed by atoms with Crippen molar-refractivity contribution in [1.82, 2.24) is 4.98 Å². The van der Waals surface area contributed by atoms with Gasteiger partial charge in [-0.25, -0.2) is 4.39 Å². The third kappa shape index (κ3) is 1.13. The maximum Gasteiger partial charge on any atom is 0.141 e. The minimum Gasteiger partial charge on any atom is -0.359 e. The Balaban J connectivity index is 2.85. The average Bonchev–Trinajstić information content (AvgIpc) is 2.47. The summed E-state index contributed by atoms with van der Waals surface area (Å²) in [6.07, 6.45) is 1.02. The Hall–Kier alpha value is -1.64. The van der Waals surface area contributed by atoms with Gasteiger partial charge in [0.15, 0.2) is 0 Å². The highest BCUT2D eigenvalue weighted by Gasteiger charge is 2.06. The van der Waals surface area contributed by atoms with Gasteiger partial charge in [0.2, 0.25) is 0 Å². The van der Waals surface area contributed by atoms with E-state index >= 15 is 0 Å². The Kier molecular flexibility index (Phi) is 1.65. The lowest BCUT2D eigenvalue weighted by Gasteiger charge is -1.96. The van der Waals surface area contributed by atoms with Crippen LogP contribution in [0.2, 0.25) is 0 Å². The normalized spacial score (nSPS) is 10.6. The molecule has 1 aromatic carbocycles. The van der Waals surface area contributed by atoms with E-state index in [1.807, 2.05) is 6.92 Å². The van der Waals surface area contributed by atoms with Crippen LogP contribution in [-0.4, -0.2) is 11.2 Å². The zero-order valence-electron chi connectivity index (χ0n) is 7.19. The Labute approximate surface area is 74.9 Å². The zero-order valence-corrected chi connectivity index (χ0v) is 7.19. The topological polar surface area (TPSA) is 39.6 Å². The highest BCUT2D eigenvalue weighted by atomic mass is 19.1. The second-order valence-electron chi connectivity index (χ2n) is 3.03. The van der Waals surface area contributed by atoms with Gasteiger partial charge in [-0.3, -0.25) is 0 Å². The predicted molar refractivity (Wildman–Crippen MR) is 50.9 cm³/mol. The van der Waals surface area contributed by atoms with E-state index in [2.05, 4.69) is 4.98 Å². The fourth-order valence-corrected chi connectivity index (χ4v) is 1.44. The Bertz CT molecular complexity index is 471. The minimum atomic E-state index is -0.322. The van der Waals surface area contributed by atoms with E-state index in [1.165, 1.54) is 0 Å². The molecule has 2 aromatic rings. The van der Waals surface area contributed by atoms with Crippen LogP contribution >= 0.6 is 0 Å². The number of aromatic amines is 1. The number of halogens is 1. The van der Waals surface area contributed by atoms with E-state index in [0.29, 0.717) is 10.9 Å². The maximum atomic E-state index is 13.5. The molecule has 2 N–H and O–H groups in total. The summed E-state index contributed by atoms with van der Waals surface area (Å²) in [5.74, 6) is -0.322. The van der Waals surface area contributed by atoms with Gasteiger partial charge < -0.3 is 10.4 Å². The van der Waals surface area contributed by atoms with Gasteiger partial charge in [0.05, 0.1) is 0 Å². The molecule has 1 heterocycles. The van der Waals surface area contributed by atoms with Crippen molar-refractivity contribution in [1.29, 1.82) is 5.41 Å². The molecule has 0 saturated heterocycles. The molecule has 0 saturated carbocycles. The molecule has 66 valence electrons. The fourth-order valence-electron chi connectivity index (χ4n) is 1.44. The Morgan fingerprint density at radius 3 is 2.92 bits per heavy atom. The molecule has 0 fully saturated rings. The molecule has 0 bridgehead atoms. The number of hydrogen-bond donors (Lipinski definition) is 2. The summed E-state index contributed by atoms with van der Waals surface area (Å²) in [6.45, 7) is 1.88. The van der Waals surface area contributed by atoms with E-state index in [-0.39, 0.29) is 5.82 Å². The average molecular weight is 176 g/mol. The van der Waals surface area contributed by atoms with E-state index in [9.17, 15) is 4.39 Å². The lowest BCUT2D eigenvalue weighted by molar-refractivity contribution is 0.638. The summed E-state index contributed by atoms with van der Waals surface area (Å²) in [6, 6.07) is 5.13. The van der Waals surface area contributed by atoms with Crippen LogP contribution in [0.4, 0.5) is 4.39 Å². The molecule has 2 rings (SSSR count). The number of H-pyrrole nitrogens is 1. The molecule has 0 aliphatic carbocycles. The third-order valence-electron chi connectivity index (χ3n) is 2.06. The fraction of sp³-hybridized carbons (Fsp3) is 0.100. The second-order valence-corrected chi connectivity index (χ2v) is 3.03. The highest BCUT2D eigenvalue weighted by Crippen LogP contribution is 2.20. The van der Waals surface area contributed by atoms with Gasteiger partial charge in [0.1, 0.15) is 5.82 Å². The monoisotopic (exact) mass is 176 g/mol. The van der Waals surface area contributed by atoms with Crippen molar-refractivity contribution in [3.8, 4) is 0 Å². The Morgan fingerprint density at radius 1 is 1.46 bits per heavy atom. The molecule has 0 atom stereocenters. The summed E-state index contributed by atoms with van der Waals surface area (Å²) < 4.78 is 13.5. The number of rotatable bonds is 1. The number of nitrogens with one attached hydrogen (secondary N) is 2. The van der Waals surface area contributed by atoms with Gasteiger partial charge in [0.25, 0.3) is 0 Å². The molecule has 3 heteroatoms. The first-order valence-electron chi connectivity index (χ1n) is 4.00. The van der Waals surface area contributed by atoms with Crippen LogP contribution in [0.3, 0.4) is 0 Å². The van der Waals surface area contributed by atoms with E-state index in [0.717, 1.165) is 17.4 Å². The lowest BCUT2D eigenvalue weighted by Crippen LogP contribution is -1.86. The predicted octanol–water partition coefficient (Wildman–Crippen LogP) is 2.61. The molecule has 0 aliphatic heterocycles. The minimum absolute atomic E-state index is 0.322. The van der Waals surface area contributed by atoms with Crippen molar-refractivity contribution < 1.29 is 4.39 Å². The molecular weight excluding hydrogens is 167 g/mol. The summed E-state index contributed by atoms with van der Waals surface area (Å²) in [5.41, 5.74) is 2.03. The largest absolute Gasteiger partial charge is 0.359 e. The molecule has 1 aromatic heterocycles. The smallest absolute Gasteiger partial charge is 0.141 e. The number of aryl methyl sites for hydroxylation is 1. The van der Waals surface area contributed by atoms with Crippen LogP contribution in [0.15, 0.2) is 18.2 Å². The molecular formula is C10H9FN2. The first-order valence-corrected chi connectivity index (χ1v) is 4.00. The second kappa shape index (κ2) is 2.69. The van der Waals surface area contributed by atoms with Crippen LogP contribution in [0, 0.1) is 18.2 Å². The van der Waals surface area contributed by atoms with E-state index in [4.69, 9.17) is 5.41 Å². The van der Waals surface area contributed by atoms with Crippen LogP contribution in [0.1, 0.15) is 11.3 Å². The van der Waals surface area contributed by atoms with Crippen molar-refractivity contribution in [2.75, 3.05) is 0 Å². The number of fused-ring (bicyclic) bond motifs is 1. The van der Waals surface area contributed by atoms with Gasteiger partial charge in [-0.2, -0.15) is 0 Å². The van der Waals surface area contributed by atoms with Crippen molar-refractivity contribution in [2.24, 2.45) is 0 Å². The van der Waals surface area contributed by atoms with E-state index < -0.39 is 0 Å². The van der Waals surface area contributed by atoms with Crippen molar-refractivity contribution in [2.45, 2.75) is 6.92 Å². The summed E-state index contributed by atoms with van der Waals surface area (Å²) >= 11 is 0. The molecule has 0 unspecified atom stereocenters. The molecule has 0 radical (unpaired) electrons. The first-order chi connectivity index (χ1) is 6.22. The van der Waals surface area contributed by atoms with Crippen LogP contribution in [0.5, 0.6) is 0 Å². The number of benzene rings is 1. The van der Waals surface area contributed by atoms with Crippen molar-refractivity contribution in [3.63, 3.8) is 0 Å². The highest BCUT2D eigenvalue weighted by molar-refractivity contribution is 5.89. The molecule has 13 heavy (non-hydrogen) atoms. The van der Waals surface area contributed by atoms with Gasteiger partial charge in [-0.15, -0.1) is 0 Å². The number of hydrogen-bond acceptors (Lipinski definition) is 1. The van der Waals surface area contributed by atoms with E-state index in [1.54, 1.807) is 18.2 Å². The summed E-state index contributed by atoms with van der Waals surface area (Å²) in [5, 5.41) is 7.55. The first kappa shape index (κ1) is 7.98. The molecule has 0 aliphatic rings. The standard InChI is InChI=1S/C10H9FN2/c1-6-4-8-9(13-6)3-2-7(5-12)10(8)11/h2-5,12-13H,1H3. The van der Waals surface area contributed by atoms with Crippen LogP contribution in [-0.2, 0) is 0 Å². The molecule has 0 spiro atoms. The zero-order chi connectivity index (χ0) is 9.42. The lowest BCUT2D eigenvalue weighted by atomic mass is 10.1. The van der Waals surface area contributed by atoms with Gasteiger partial charge in [-0.1, -0.05) is 0 Å². The van der Waals surface area contributed by atoms with Crippen molar-refractivity contribution in [3.05, 3.63) is 35.3 Å². The van der Waals surface area contributed by atoms with Crippen LogP contribution in [0.25, 0.3) is 10.9 Å². The number of aromatic nitrogens is 1. The van der Waals surface area contributed by atoms with Crippen LogP contribution < -0.4 is 0 Å². The van der Waals surface area contributed by atoms with Gasteiger partial charge in [-0.05, 0) is 25.1 Å². The molecule has 0 amide bonds. The van der Waals surface area contributed by atoms with Crippen molar-refractivity contribution >= 4 is 17.1 Å². The van der Waals surface area contributed by atoms with Gasteiger partial charge >= 0.3 is 0 Å². The summed E-state index contributed by atoms with van der Waals surface area (Å²) in [7, 11) is 0. The maximum absolute atomic E-state index is 13.5. The summed E-state index contributed by atoms with van der Waals surface area (Å²) in [4.78, 5) is 3.04. The molecule has 2 nitrogen and oxygen atoms in total. The SMILES string of the molecule is Cc1cc2c(F)c(C=N)ccc2[nH]1. The van der Waals surface area contributed by atoms with Gasteiger partial charge in [0, 0.05) is 28.4 Å².